The van der Waals surface area contributed by atoms with E-state index in [0.29, 0.717) is 66.6 Å². The Morgan fingerprint density at radius 3 is 0.822 bits per heavy atom. The molecule has 6 heterocycles. The number of carbonyl (C=O) groups excluding carboxylic acids is 4. The van der Waals surface area contributed by atoms with Gasteiger partial charge in [0.05, 0.1) is 89.4 Å². The number of halogens is 12. The van der Waals surface area contributed by atoms with E-state index in [1.165, 1.54) is 121 Å². The van der Waals surface area contributed by atoms with Crippen molar-refractivity contribution in [2.24, 2.45) is 9.98 Å². The number of aliphatic imine (C=N–C) groups is 2. The first-order valence-electron chi connectivity index (χ1n) is 30.2. The number of nitrogens with one attached hydrogen (secondary N) is 1. The van der Waals surface area contributed by atoms with Crippen LogP contribution < -0.4 is 35.2 Å². The molecule has 101 heavy (non-hydrogen) atoms. The maximum atomic E-state index is 14.1. The van der Waals surface area contributed by atoms with Gasteiger partial charge in [-0.25, -0.2) is 44.0 Å². The molecule has 8 aromatic carbocycles. The van der Waals surface area contributed by atoms with Crippen molar-refractivity contribution in [2.75, 3.05) is 5.53 Å². The summed E-state index contributed by atoms with van der Waals surface area (Å²) in [6.45, 7) is 0. The average Bonchev–Trinajstić information content (AvgIpc) is 1.58. The van der Waals surface area contributed by atoms with Crippen LogP contribution in [0.25, 0.3) is 22.3 Å². The Hall–Kier alpha value is -12.8. The zero-order valence-electron chi connectivity index (χ0n) is 51.2. The molecule has 502 valence electrons. The first-order valence-corrected chi connectivity index (χ1v) is 30.2. The van der Waals surface area contributed by atoms with Crippen LogP contribution in [0.3, 0.4) is 0 Å². The van der Waals surface area contributed by atoms with Crippen LogP contribution in [0, 0.1) is 0 Å². The van der Waals surface area contributed by atoms with Crippen molar-refractivity contribution < 1.29 is 90.8 Å². The first kappa shape index (κ1) is 65.5. The molecule has 25 heteroatoms. The summed E-state index contributed by atoms with van der Waals surface area (Å²) in [5, 5.41) is 0.681. The van der Waals surface area contributed by atoms with Crippen LogP contribution in [0.4, 0.5) is 52.7 Å². The van der Waals surface area contributed by atoms with Crippen molar-refractivity contribution in [2.45, 2.75) is 24.7 Å². The van der Waals surface area contributed by atoms with Crippen molar-refractivity contribution in [3.8, 4) is 23.0 Å². The van der Waals surface area contributed by atoms with Crippen molar-refractivity contribution in [1.29, 1.82) is 0 Å². The number of para-hydroxylation sites is 4. The van der Waals surface area contributed by atoms with Crippen LogP contribution in [0.15, 0.2) is 264 Å². The fraction of sp³-hybridized carbons (Fsp3) is 0.0526. The van der Waals surface area contributed by atoms with Crippen LogP contribution in [-0.2, 0) is 24.7 Å². The average molecular weight is 1380 g/mol. The number of benzene rings is 8. The summed E-state index contributed by atoms with van der Waals surface area (Å²) >= 11 is 0. The molecule has 2 aromatic heterocycles. The molecule has 0 saturated carbocycles. The van der Waals surface area contributed by atoms with Gasteiger partial charge in [-0.1, -0.05) is 97.1 Å². The Bertz CT molecular complexity index is 5110. The van der Waals surface area contributed by atoms with E-state index in [1.54, 1.807) is 57.9 Å². The molecule has 4 aliphatic heterocycles. The van der Waals surface area contributed by atoms with Gasteiger partial charge < -0.3 is 18.9 Å². The number of rotatable bonds is 12. The lowest BCUT2D eigenvalue weighted by Crippen LogP contribution is -2.42. The first-order chi connectivity index (χ1) is 48.2. The number of carbonyl (C=O) groups is 4. The Labute approximate surface area is 561 Å². The molecular weight excluding hydrogens is 1340 g/mol. The summed E-state index contributed by atoms with van der Waals surface area (Å²) in [6.07, 6.45) is -12.8. The normalized spacial score (nSPS) is 16.6. The van der Waals surface area contributed by atoms with Gasteiger partial charge in [-0.15, -0.1) is 0 Å². The number of alkyl halides is 12. The zero-order chi connectivity index (χ0) is 70.9. The largest absolute Gasteiger partial charge is 0.422 e. The van der Waals surface area contributed by atoms with Crippen molar-refractivity contribution >= 4 is 57.6 Å². The van der Waals surface area contributed by atoms with Gasteiger partial charge in [-0.3, -0.25) is 0 Å². The number of hydrogen-bond donors (Lipinski definition) is 1. The molecule has 14 rings (SSSR count). The van der Waals surface area contributed by atoms with E-state index in [4.69, 9.17) is 28.9 Å². The molecule has 10 aromatic rings. The minimum Gasteiger partial charge on any atom is -0.422 e. The topological polar surface area (TPSA) is 152 Å². The van der Waals surface area contributed by atoms with Gasteiger partial charge in [0, 0.05) is 22.3 Å². The van der Waals surface area contributed by atoms with E-state index in [-0.39, 0.29) is 45.1 Å². The van der Waals surface area contributed by atoms with Gasteiger partial charge in [0.2, 0.25) is 0 Å². The SMILES string of the molecule is O=C(Oc1ccccc1C(F)(F)F)c1ccc(/C2=C3\C=CC(=N3)/C(c3ccc(C(=O)Oc4ccccc4C(F)(F)F)cc3)=c3/cc/c4n3Nn3c2ccc3/C(c2ccc(C(=O)Oc3ccccc3C(F)(F)F)cc2)=C2/C=CC(=N2)/C=4c2ccc(C(=O)Oc3ccccc3C(F)(F)F)cc2)cc1. The van der Waals surface area contributed by atoms with E-state index >= 15 is 0 Å². The van der Waals surface area contributed by atoms with Gasteiger partial charge in [0.15, 0.2) is 0 Å². The smallest absolute Gasteiger partial charge is 0.419 e. The van der Waals surface area contributed by atoms with E-state index in [2.05, 4.69) is 5.53 Å². The molecule has 0 atom stereocenters. The van der Waals surface area contributed by atoms with E-state index in [9.17, 15) is 71.9 Å². The second-order valence-corrected chi connectivity index (χ2v) is 22.8. The minimum atomic E-state index is -4.87. The molecule has 13 nitrogen and oxygen atoms in total. The number of hydrogen-bond acceptors (Lipinski definition) is 11. The van der Waals surface area contributed by atoms with Crippen molar-refractivity contribution in [3.63, 3.8) is 0 Å². The fourth-order valence-electron chi connectivity index (χ4n) is 11.8. The standard InChI is InChI=1S/C76H41F12N5O8/c77-73(78,79)49-9-1-5-13-61(49)98-69(94)45-25-17-41(18-26-45)65-53-33-34-54(89-53)66(42-19-27-46(28-20-42)70(95)99-62-14-6-2-10-50(62)74(80,81)82)59-39-40-60-68(44-23-31-48(32-24-44)72(97)101-64-16-8-4-12-52(64)76(86,87)88)56-36-35-55(90-56)67(58-38-37-57(65)92(58)91-93(59)60)43-21-29-47(30-22-43)71(96)100-63-15-7-3-11-51(63)75(83,84)85/h1-40,91H/b65-53-,65-57?,66-54?,66-59-,67-55-,67-58?,68-56?,68-60+. The highest BCUT2D eigenvalue weighted by Gasteiger charge is 2.39. The number of esters is 4. The van der Waals surface area contributed by atoms with E-state index < -0.39 is 93.8 Å². The molecule has 6 bridgehead atoms. The minimum absolute atomic E-state index is 0.154. The predicted octanol–water partition coefficient (Wildman–Crippen LogP) is 16.2. The highest BCUT2D eigenvalue weighted by Crippen LogP contribution is 2.43. The van der Waals surface area contributed by atoms with Crippen LogP contribution in [0.5, 0.6) is 23.0 Å². The Morgan fingerprint density at radius 2 is 0.554 bits per heavy atom. The molecule has 0 saturated heterocycles. The highest BCUT2D eigenvalue weighted by atomic mass is 19.4. The van der Waals surface area contributed by atoms with Gasteiger partial charge >= 0.3 is 48.6 Å². The third-order valence-corrected chi connectivity index (χ3v) is 16.5. The van der Waals surface area contributed by atoms with Crippen molar-refractivity contribution in [1.82, 2.24) is 9.35 Å². The van der Waals surface area contributed by atoms with E-state index in [1.807, 2.05) is 0 Å². The van der Waals surface area contributed by atoms with Gasteiger partial charge in [0.1, 0.15) is 23.0 Å². The Morgan fingerprint density at radius 1 is 0.297 bits per heavy atom. The Kier molecular flexibility index (Phi) is 16.4. The van der Waals surface area contributed by atoms with Gasteiger partial charge in [0.25, 0.3) is 0 Å². The van der Waals surface area contributed by atoms with Gasteiger partial charge in [-0.05, 0) is 168 Å². The summed E-state index contributed by atoms with van der Waals surface area (Å²) in [4.78, 5) is 65.4. The number of allylic oxidation sites excluding steroid dienone is 4. The fourth-order valence-corrected chi connectivity index (χ4v) is 11.8. The van der Waals surface area contributed by atoms with Crippen LogP contribution in [0.2, 0.25) is 0 Å². The second kappa shape index (κ2) is 25.2. The van der Waals surface area contributed by atoms with E-state index in [0.717, 1.165) is 72.8 Å². The quantitative estimate of drug-likeness (QED) is 0.0716. The summed E-state index contributed by atoms with van der Waals surface area (Å²) in [7, 11) is 0. The maximum Gasteiger partial charge on any atom is 0.419 e. The third kappa shape index (κ3) is 12.7. The zero-order valence-corrected chi connectivity index (χ0v) is 51.2. The third-order valence-electron chi connectivity index (χ3n) is 16.5. The molecule has 0 fully saturated rings. The molecule has 0 aliphatic carbocycles. The summed E-state index contributed by atoms with van der Waals surface area (Å²) in [6, 6.07) is 46.5. The highest BCUT2D eigenvalue weighted by molar-refractivity contribution is 6.32. The summed E-state index contributed by atoms with van der Waals surface area (Å²) in [5.41, 5.74) is 2.90. The number of aromatic nitrogens is 2. The number of ether oxygens (including phenoxy) is 4. The molecule has 0 unspecified atom stereocenters. The van der Waals surface area contributed by atoms with Crippen LogP contribution in [-0.4, -0.2) is 44.7 Å². The molecule has 1 N–H and O–H groups in total. The lowest BCUT2D eigenvalue weighted by Gasteiger charge is -2.24. The van der Waals surface area contributed by atoms with Crippen LogP contribution >= 0.6 is 0 Å². The lowest BCUT2D eigenvalue weighted by atomic mass is 9.99. The molecule has 0 spiro atoms. The molecule has 4 aliphatic rings. The van der Waals surface area contributed by atoms with Crippen molar-refractivity contribution in [3.05, 3.63) is 343 Å². The van der Waals surface area contributed by atoms with Crippen LogP contribution in [0.1, 0.15) is 97.3 Å². The molecule has 0 radical (unpaired) electrons. The number of fused-ring (bicyclic) bond motifs is 2. The Balaban J connectivity index is 0.966. The maximum absolute atomic E-state index is 14.1. The summed E-state index contributed by atoms with van der Waals surface area (Å²) in [5.74, 6) is -7.47. The van der Waals surface area contributed by atoms with Gasteiger partial charge in [-0.2, -0.15) is 52.7 Å². The second-order valence-electron chi connectivity index (χ2n) is 22.8. The molecular formula is C76H41F12N5O8. The number of nitrogens with zero attached hydrogens (tertiary/aromatic N) is 4. The summed E-state index contributed by atoms with van der Waals surface area (Å²) < 4.78 is 194. The lowest BCUT2D eigenvalue weighted by molar-refractivity contribution is -0.139. The molecule has 0 amide bonds. The predicted molar refractivity (Wildman–Crippen MR) is 344 cm³/mol. The monoisotopic (exact) mass is 1380 g/mol.